The zero-order chi connectivity index (χ0) is 9.35. The minimum absolute atomic E-state index is 0. The smallest absolute Gasteiger partial charge is 1.00 e. The van der Waals surface area contributed by atoms with Gasteiger partial charge in [0.25, 0.3) is 10.1 Å². The number of hydrogen-bond acceptors (Lipinski definition) is 2. The molecule has 0 fully saturated rings. The zero-order valence-corrected chi connectivity index (χ0v) is 12.1. The minimum Gasteiger partial charge on any atom is -1.00 e. The van der Waals surface area contributed by atoms with Crippen LogP contribution in [-0.2, 0) is 10.1 Å². The summed E-state index contributed by atoms with van der Waals surface area (Å²) in [6, 6.07) is 3.81. The van der Waals surface area contributed by atoms with Crippen molar-refractivity contribution < 1.29 is 65.8 Å². The fraction of sp³-hybridized carbons (Fsp3) is 0. The molecule has 0 atom stereocenters. The van der Waals surface area contributed by atoms with Crippen molar-refractivity contribution in [2.45, 2.75) is 4.90 Å². The number of hydrogen-bond donors (Lipinski definition) is 1. The van der Waals surface area contributed by atoms with E-state index in [0.717, 1.165) is 6.07 Å². The molecule has 0 aliphatic rings. The Morgan fingerprint density at radius 2 is 1.85 bits per heavy atom. The SMILES string of the molecule is O=S(=O)(O)c1cc(Cl)ccc1Cl.[H-].[K+]. The van der Waals surface area contributed by atoms with Crippen molar-refractivity contribution in [3.05, 3.63) is 28.2 Å². The van der Waals surface area contributed by atoms with E-state index in [1.165, 1.54) is 12.1 Å². The molecular formula is C6H5Cl2KO3S. The van der Waals surface area contributed by atoms with Gasteiger partial charge in [-0.3, -0.25) is 4.55 Å². The van der Waals surface area contributed by atoms with E-state index in [-0.39, 0.29) is 67.8 Å². The molecule has 1 rings (SSSR count). The molecule has 0 aliphatic carbocycles. The monoisotopic (exact) mass is 266 g/mol. The normalized spacial score (nSPS) is 10.7. The standard InChI is InChI=1S/C6H4Cl2O3S.K.H/c7-4-1-2-5(8)6(3-4)12(9,10)11;;/h1-3H,(H,9,10,11);;/q;+1;-1. The first kappa shape index (κ1) is 14.3. The maximum absolute atomic E-state index is 10.6. The Morgan fingerprint density at radius 1 is 1.31 bits per heavy atom. The van der Waals surface area contributed by atoms with E-state index in [2.05, 4.69) is 0 Å². The Balaban J connectivity index is 0. The minimum atomic E-state index is -4.27. The summed E-state index contributed by atoms with van der Waals surface area (Å²) in [5, 5.41) is 0.147. The molecule has 0 amide bonds. The average Bonchev–Trinajstić information content (AvgIpc) is 1.92. The van der Waals surface area contributed by atoms with E-state index in [0.29, 0.717) is 0 Å². The van der Waals surface area contributed by atoms with Gasteiger partial charge < -0.3 is 1.43 Å². The molecule has 1 aromatic rings. The van der Waals surface area contributed by atoms with Crippen molar-refractivity contribution >= 4 is 33.3 Å². The van der Waals surface area contributed by atoms with Gasteiger partial charge in [-0.1, -0.05) is 23.2 Å². The van der Waals surface area contributed by atoms with Gasteiger partial charge in [0.2, 0.25) is 0 Å². The van der Waals surface area contributed by atoms with E-state index in [1.54, 1.807) is 0 Å². The predicted octanol–water partition coefficient (Wildman–Crippen LogP) is -0.643. The predicted molar refractivity (Wildman–Crippen MR) is 47.4 cm³/mol. The molecule has 13 heavy (non-hydrogen) atoms. The second kappa shape index (κ2) is 5.44. The summed E-state index contributed by atoms with van der Waals surface area (Å²) in [4.78, 5) is -0.378. The Kier molecular flexibility index (Phi) is 6.00. The van der Waals surface area contributed by atoms with Gasteiger partial charge in [0.05, 0.1) is 5.02 Å². The second-order valence-corrected chi connectivity index (χ2v) is 4.28. The Morgan fingerprint density at radius 3 is 2.23 bits per heavy atom. The molecule has 0 bridgehead atoms. The number of rotatable bonds is 1. The van der Waals surface area contributed by atoms with Gasteiger partial charge in [-0.15, -0.1) is 0 Å². The van der Waals surface area contributed by atoms with E-state index < -0.39 is 10.1 Å². The van der Waals surface area contributed by atoms with Crippen LogP contribution in [0.4, 0.5) is 0 Å². The molecule has 1 aromatic carbocycles. The summed E-state index contributed by atoms with van der Waals surface area (Å²) in [6.07, 6.45) is 0. The zero-order valence-electron chi connectivity index (χ0n) is 7.66. The van der Waals surface area contributed by atoms with Crippen LogP contribution in [0.5, 0.6) is 0 Å². The largest absolute Gasteiger partial charge is 1.00 e. The maximum atomic E-state index is 10.6. The number of benzene rings is 1. The van der Waals surface area contributed by atoms with Gasteiger partial charge in [-0.25, -0.2) is 0 Å². The summed E-state index contributed by atoms with van der Waals surface area (Å²) in [6.45, 7) is 0. The Hall–Kier alpha value is 1.35. The van der Waals surface area contributed by atoms with Crippen LogP contribution >= 0.6 is 23.2 Å². The van der Waals surface area contributed by atoms with E-state index in [9.17, 15) is 8.42 Å². The number of halogens is 2. The van der Waals surface area contributed by atoms with E-state index in [4.69, 9.17) is 27.8 Å². The van der Waals surface area contributed by atoms with Crippen molar-refractivity contribution in [3.8, 4) is 0 Å². The summed E-state index contributed by atoms with van der Waals surface area (Å²) >= 11 is 11.0. The van der Waals surface area contributed by atoms with Gasteiger partial charge in [-0.05, 0) is 18.2 Å². The van der Waals surface area contributed by atoms with Crippen LogP contribution in [0.25, 0.3) is 0 Å². The quantitative estimate of drug-likeness (QED) is 0.544. The van der Waals surface area contributed by atoms with Crippen molar-refractivity contribution in [2.75, 3.05) is 0 Å². The molecule has 0 saturated heterocycles. The van der Waals surface area contributed by atoms with Gasteiger partial charge >= 0.3 is 51.4 Å². The fourth-order valence-electron chi connectivity index (χ4n) is 0.675. The third-order valence-corrected chi connectivity index (χ3v) is 2.74. The maximum Gasteiger partial charge on any atom is 1.00 e. The van der Waals surface area contributed by atoms with Crippen molar-refractivity contribution in [2.24, 2.45) is 0 Å². The molecular weight excluding hydrogens is 262 g/mol. The third-order valence-electron chi connectivity index (χ3n) is 1.17. The molecule has 0 aliphatic heterocycles. The van der Waals surface area contributed by atoms with Gasteiger partial charge in [-0.2, -0.15) is 8.42 Å². The summed E-state index contributed by atoms with van der Waals surface area (Å²) in [5.41, 5.74) is 0. The van der Waals surface area contributed by atoms with Crippen LogP contribution in [0.15, 0.2) is 23.1 Å². The van der Waals surface area contributed by atoms with Crippen LogP contribution in [0.3, 0.4) is 0 Å². The molecule has 0 heterocycles. The van der Waals surface area contributed by atoms with Gasteiger partial charge in [0, 0.05) is 5.02 Å². The van der Waals surface area contributed by atoms with Crippen molar-refractivity contribution in [3.63, 3.8) is 0 Å². The van der Waals surface area contributed by atoms with Crippen LogP contribution < -0.4 is 51.4 Å². The average molecular weight is 267 g/mol. The molecule has 0 spiro atoms. The summed E-state index contributed by atoms with van der Waals surface area (Å²) in [5.74, 6) is 0. The van der Waals surface area contributed by atoms with Crippen molar-refractivity contribution in [1.29, 1.82) is 0 Å². The molecule has 0 aromatic heterocycles. The second-order valence-electron chi connectivity index (χ2n) is 2.05. The van der Waals surface area contributed by atoms with Gasteiger partial charge in [0.15, 0.2) is 0 Å². The van der Waals surface area contributed by atoms with Crippen LogP contribution in [-0.4, -0.2) is 13.0 Å². The fourth-order valence-corrected chi connectivity index (χ4v) is 1.91. The van der Waals surface area contributed by atoms with Crippen LogP contribution in [0.1, 0.15) is 1.43 Å². The first-order chi connectivity index (χ1) is 5.41. The third kappa shape index (κ3) is 4.15. The van der Waals surface area contributed by atoms with Gasteiger partial charge in [0.1, 0.15) is 4.90 Å². The first-order valence-electron chi connectivity index (χ1n) is 2.84. The molecule has 0 unspecified atom stereocenters. The van der Waals surface area contributed by atoms with E-state index in [1.807, 2.05) is 0 Å². The Bertz CT molecular complexity index is 410. The van der Waals surface area contributed by atoms with Crippen molar-refractivity contribution in [1.82, 2.24) is 0 Å². The topological polar surface area (TPSA) is 54.4 Å². The van der Waals surface area contributed by atoms with Crippen LogP contribution in [0.2, 0.25) is 10.0 Å². The molecule has 68 valence electrons. The Labute approximate surface area is 130 Å². The summed E-state index contributed by atoms with van der Waals surface area (Å²) in [7, 11) is -4.27. The molecule has 1 N–H and O–H groups in total. The molecule has 0 radical (unpaired) electrons. The molecule has 7 heteroatoms. The summed E-state index contributed by atoms with van der Waals surface area (Å²) < 4.78 is 29.9. The van der Waals surface area contributed by atoms with E-state index >= 15 is 0 Å². The van der Waals surface area contributed by atoms with Crippen LogP contribution in [0, 0.1) is 0 Å². The molecule has 3 nitrogen and oxygen atoms in total. The first-order valence-corrected chi connectivity index (χ1v) is 5.03. The molecule has 0 saturated carbocycles.